The maximum absolute atomic E-state index is 15.1. The highest BCUT2D eigenvalue weighted by Crippen LogP contribution is 2.42. The van der Waals surface area contributed by atoms with Gasteiger partial charge in [0.2, 0.25) is 4.62 Å². The van der Waals surface area contributed by atoms with Gasteiger partial charge in [-0.15, -0.1) is 0 Å². The first-order chi connectivity index (χ1) is 11.3. The topological polar surface area (TPSA) is 7.94 Å². The number of hydrogen-bond donors (Lipinski definition) is 0. The van der Waals surface area contributed by atoms with Gasteiger partial charge in [-0.3, -0.25) is 0 Å². The lowest BCUT2D eigenvalue weighted by atomic mass is 9.85. The second-order valence-electron chi connectivity index (χ2n) is 5.70. The summed E-state index contributed by atoms with van der Waals surface area (Å²) in [6.07, 6.45) is 3.21. The molecule has 0 N–H and O–H groups in total. The zero-order valence-electron chi connectivity index (χ0n) is 12.4. The third-order valence-electron chi connectivity index (χ3n) is 4.41. The van der Waals surface area contributed by atoms with Gasteiger partial charge in [0, 0.05) is 33.8 Å². The van der Waals surface area contributed by atoms with Gasteiger partial charge in [0.25, 0.3) is 0 Å². The van der Waals surface area contributed by atoms with Crippen LogP contribution in [0, 0.1) is 12.7 Å². The van der Waals surface area contributed by atoms with E-state index >= 15 is 8.63 Å². The van der Waals surface area contributed by atoms with E-state index in [2.05, 4.69) is 31.9 Å². The van der Waals surface area contributed by atoms with E-state index < -0.39 is 6.97 Å². The Balaban J connectivity index is 2.15. The average molecular weight is 458 g/mol. The highest BCUT2D eigenvalue weighted by atomic mass is 79.9. The molecule has 0 radical (unpaired) electrons. The van der Waals surface area contributed by atoms with Crippen molar-refractivity contribution in [3.63, 3.8) is 0 Å². The van der Waals surface area contributed by atoms with E-state index in [0.717, 1.165) is 8.96 Å². The molecule has 0 saturated carbocycles. The first-order valence-electron chi connectivity index (χ1n) is 7.23. The minimum atomic E-state index is -4.06. The van der Waals surface area contributed by atoms with Crippen molar-refractivity contribution in [2.24, 2.45) is 0 Å². The van der Waals surface area contributed by atoms with E-state index in [4.69, 9.17) is 0 Å². The van der Waals surface area contributed by atoms with Crippen LogP contribution in [0.3, 0.4) is 0 Å². The molecule has 0 aliphatic carbocycles. The van der Waals surface area contributed by atoms with E-state index in [9.17, 15) is 4.39 Å². The van der Waals surface area contributed by atoms with Crippen LogP contribution in [0.5, 0.6) is 0 Å². The minimum absolute atomic E-state index is 0.278. The van der Waals surface area contributed by atoms with Crippen LogP contribution in [0.1, 0.15) is 16.8 Å². The molecule has 2 aliphatic rings. The number of nitrogens with zero attached hydrogens (tertiary/aromatic N) is 2. The van der Waals surface area contributed by atoms with Crippen LogP contribution in [-0.4, -0.2) is 20.6 Å². The molecule has 24 heavy (non-hydrogen) atoms. The fourth-order valence-electron chi connectivity index (χ4n) is 3.29. The van der Waals surface area contributed by atoms with Gasteiger partial charge in [0.05, 0.1) is 10.2 Å². The van der Waals surface area contributed by atoms with Gasteiger partial charge in [0.15, 0.2) is 5.70 Å². The normalized spacial score (nSPS) is 18.2. The zero-order valence-corrected chi connectivity index (χ0v) is 15.6. The first-order valence-corrected chi connectivity index (χ1v) is 8.82. The lowest BCUT2D eigenvalue weighted by molar-refractivity contribution is -0.358. The fraction of sp³-hybridized carbons (Fsp3) is 0.0625. The smallest absolute Gasteiger partial charge is 0.389 e. The molecule has 4 rings (SSSR count). The number of fused-ring (bicyclic) bond motifs is 2. The van der Waals surface area contributed by atoms with Gasteiger partial charge in [0.1, 0.15) is 5.82 Å². The van der Waals surface area contributed by atoms with E-state index in [0.29, 0.717) is 28.1 Å². The molecule has 1 aromatic heterocycles. The highest BCUT2D eigenvalue weighted by molar-refractivity contribution is 9.18. The maximum atomic E-state index is 15.1. The monoisotopic (exact) mass is 456 g/mol. The Hall–Kier alpha value is -1.54. The molecular formula is C16H10BBr2F3N2. The van der Waals surface area contributed by atoms with E-state index in [-0.39, 0.29) is 15.0 Å². The van der Waals surface area contributed by atoms with Crippen LogP contribution >= 0.6 is 31.9 Å². The van der Waals surface area contributed by atoms with Gasteiger partial charge in [-0.2, -0.15) is 0 Å². The Morgan fingerprint density at radius 3 is 2.58 bits per heavy atom. The van der Waals surface area contributed by atoms with Crippen LogP contribution in [-0.2, 0) is 0 Å². The Labute approximate surface area is 153 Å². The van der Waals surface area contributed by atoms with Crippen molar-refractivity contribution in [2.75, 3.05) is 0 Å². The Bertz CT molecular complexity index is 989. The first kappa shape index (κ1) is 16.0. The van der Waals surface area contributed by atoms with Crippen molar-refractivity contribution in [1.82, 2.24) is 4.48 Å². The van der Waals surface area contributed by atoms with Crippen molar-refractivity contribution < 1.29 is 17.5 Å². The number of halogens is 5. The maximum Gasteiger partial charge on any atom is 0.738 e. The van der Waals surface area contributed by atoms with Crippen LogP contribution in [0.2, 0.25) is 0 Å². The summed E-state index contributed by atoms with van der Waals surface area (Å²) in [6, 6.07) is 7.92. The summed E-state index contributed by atoms with van der Waals surface area (Å²) in [7, 11) is 0. The lowest BCUT2D eigenvalue weighted by Gasteiger charge is -2.32. The van der Waals surface area contributed by atoms with Crippen LogP contribution < -0.4 is 0 Å². The highest BCUT2D eigenvalue weighted by Gasteiger charge is 2.54. The molecular weight excluding hydrogens is 448 g/mol. The summed E-state index contributed by atoms with van der Waals surface area (Å²) in [6.45, 7) is -2.41. The molecule has 0 saturated heterocycles. The largest absolute Gasteiger partial charge is 0.738 e. The molecule has 0 spiro atoms. The lowest BCUT2D eigenvalue weighted by Crippen LogP contribution is -2.50. The van der Waals surface area contributed by atoms with E-state index in [1.165, 1.54) is 6.07 Å². The quantitative estimate of drug-likeness (QED) is 0.528. The van der Waals surface area contributed by atoms with Crippen molar-refractivity contribution in [3.05, 3.63) is 75.4 Å². The van der Waals surface area contributed by atoms with E-state index in [1.807, 2.05) is 0 Å². The van der Waals surface area contributed by atoms with Crippen molar-refractivity contribution in [3.8, 4) is 0 Å². The molecule has 2 nitrogen and oxygen atoms in total. The van der Waals surface area contributed by atoms with Crippen LogP contribution in [0.15, 0.2) is 52.8 Å². The summed E-state index contributed by atoms with van der Waals surface area (Å²) in [4.78, 5) is 0. The molecule has 2 aliphatic heterocycles. The van der Waals surface area contributed by atoms with Gasteiger partial charge >= 0.3 is 6.97 Å². The molecule has 1 aromatic carbocycles. The van der Waals surface area contributed by atoms with Gasteiger partial charge in [-0.1, -0.05) is 12.1 Å². The molecule has 0 unspecified atom stereocenters. The predicted octanol–water partition coefficient (Wildman–Crippen LogP) is 5.07. The molecule has 2 aromatic rings. The Morgan fingerprint density at radius 2 is 1.83 bits per heavy atom. The van der Waals surface area contributed by atoms with Crippen LogP contribution in [0.25, 0.3) is 5.57 Å². The van der Waals surface area contributed by atoms with Gasteiger partial charge in [-0.25, -0.2) is 4.39 Å². The molecule has 8 heteroatoms. The molecule has 0 fully saturated rings. The third-order valence-corrected chi connectivity index (χ3v) is 5.70. The summed E-state index contributed by atoms with van der Waals surface area (Å²) in [5.41, 5.74) is 2.33. The minimum Gasteiger partial charge on any atom is -0.389 e. The standard InChI is InChI=1S/C16H10BBr2F3N2/c1-9-10(3-2-4-11(9)20)16-12-5-7-14(18)23(12)17(21,22)24-13(16)6-8-15(24)19/h2-8H,1H3. The Morgan fingerprint density at radius 1 is 1.08 bits per heavy atom. The van der Waals surface area contributed by atoms with Crippen LogP contribution in [0.4, 0.5) is 13.0 Å². The second-order valence-corrected chi connectivity index (χ2v) is 7.32. The molecule has 0 atom stereocenters. The zero-order chi connectivity index (χ0) is 17.2. The number of hydrogen-bond acceptors (Lipinski definition) is 0. The Kier molecular flexibility index (Phi) is 3.48. The van der Waals surface area contributed by atoms with Crippen molar-refractivity contribution >= 4 is 49.0 Å². The molecule has 122 valence electrons. The third kappa shape index (κ3) is 1.99. The van der Waals surface area contributed by atoms with Crippen molar-refractivity contribution in [1.29, 1.82) is 0 Å². The number of aromatic nitrogens is 1. The number of allylic oxidation sites excluding steroid dienone is 2. The summed E-state index contributed by atoms with van der Waals surface area (Å²) in [5, 5.41) is 0. The second kappa shape index (κ2) is 5.23. The summed E-state index contributed by atoms with van der Waals surface area (Å²) >= 11 is 6.42. The molecule has 0 bridgehead atoms. The van der Waals surface area contributed by atoms with Gasteiger partial charge < -0.3 is 17.6 Å². The van der Waals surface area contributed by atoms with Gasteiger partial charge in [-0.05, 0) is 52.2 Å². The molecule has 3 heterocycles. The predicted molar refractivity (Wildman–Crippen MR) is 96.0 cm³/mol. The average Bonchev–Trinajstić information content (AvgIpc) is 3.09. The number of rotatable bonds is 1. The van der Waals surface area contributed by atoms with E-state index in [1.54, 1.807) is 43.3 Å². The molecule has 0 amide bonds. The summed E-state index contributed by atoms with van der Waals surface area (Å²) in [5.74, 6) is -0.364. The SMILES string of the molecule is Cc1c(F)cccc1C1=C2C=CC(Br)=[N+]2[B-](F)(F)n2c(Br)ccc21. The fourth-order valence-corrected chi connectivity index (χ4v) is 4.43. The number of benzene rings is 1. The van der Waals surface area contributed by atoms with Crippen molar-refractivity contribution in [2.45, 2.75) is 6.92 Å². The summed E-state index contributed by atoms with van der Waals surface area (Å²) < 4.78 is 46.7.